The van der Waals surface area contributed by atoms with E-state index in [9.17, 15) is 4.79 Å². The molecule has 1 heterocycles. The van der Waals surface area contributed by atoms with Crippen LogP contribution in [0, 0.1) is 0 Å². The van der Waals surface area contributed by atoms with E-state index in [0.29, 0.717) is 37.3 Å². The van der Waals surface area contributed by atoms with Gasteiger partial charge in [-0.1, -0.05) is 45.7 Å². The first-order valence-corrected chi connectivity index (χ1v) is 10.8. The molecule has 180 valence electrons. The molecule has 31 heavy (non-hydrogen) atoms. The Hall–Kier alpha value is -1.59. The van der Waals surface area contributed by atoms with Crippen molar-refractivity contribution in [2.45, 2.75) is 98.3 Å². The maximum absolute atomic E-state index is 12.0. The number of rotatable bonds is 9. The third-order valence-corrected chi connectivity index (χ3v) is 3.97. The van der Waals surface area contributed by atoms with Crippen LogP contribution in [0.5, 0.6) is 0 Å². The largest absolute Gasteiger partial charge is 0.444 e. The van der Waals surface area contributed by atoms with Crippen LogP contribution in [0.1, 0.15) is 86.4 Å². The molecule has 3 N–H and O–H groups in total. The summed E-state index contributed by atoms with van der Waals surface area (Å²) in [5.41, 5.74) is -0.723. The van der Waals surface area contributed by atoms with Crippen molar-refractivity contribution in [2.24, 2.45) is 4.99 Å². The molecular formula is C21H41IN6O3. The van der Waals surface area contributed by atoms with Gasteiger partial charge in [0.05, 0.1) is 0 Å². The first-order valence-electron chi connectivity index (χ1n) is 10.8. The Morgan fingerprint density at radius 3 is 2.35 bits per heavy atom. The second kappa shape index (κ2) is 13.7. The second-order valence-corrected chi connectivity index (χ2v) is 9.33. The zero-order chi connectivity index (χ0) is 22.8. The molecule has 10 heteroatoms. The summed E-state index contributed by atoms with van der Waals surface area (Å²) in [4.78, 5) is 21.0. The zero-order valence-electron chi connectivity index (χ0n) is 20.3. The summed E-state index contributed by atoms with van der Waals surface area (Å²) in [7, 11) is 0. The number of guanidine groups is 1. The topological polar surface area (TPSA) is 114 Å². The summed E-state index contributed by atoms with van der Waals surface area (Å²) in [5, 5.41) is 13.5. The van der Waals surface area contributed by atoms with Gasteiger partial charge in [0.25, 0.3) is 0 Å². The number of alkyl carbamates (subject to hydrolysis) is 1. The van der Waals surface area contributed by atoms with Crippen LogP contribution in [0.2, 0.25) is 0 Å². The van der Waals surface area contributed by atoms with E-state index in [4.69, 9.17) is 9.26 Å². The molecule has 0 saturated heterocycles. The molecule has 0 spiro atoms. The molecule has 0 aliphatic carbocycles. The minimum Gasteiger partial charge on any atom is -0.444 e. The van der Waals surface area contributed by atoms with E-state index in [-0.39, 0.29) is 35.4 Å². The van der Waals surface area contributed by atoms with Crippen molar-refractivity contribution in [1.82, 2.24) is 26.1 Å². The number of aliphatic imine (C=N–C) groups is 1. The average Bonchev–Trinajstić information content (AvgIpc) is 3.10. The quantitative estimate of drug-likeness (QED) is 0.240. The molecule has 1 aromatic heterocycles. The average molecular weight is 553 g/mol. The fraction of sp³-hybridized carbons (Fsp3) is 0.810. The summed E-state index contributed by atoms with van der Waals surface area (Å²) in [6, 6.07) is 0.0191. The lowest BCUT2D eigenvalue weighted by Crippen LogP contribution is -2.49. The number of ether oxygens (including phenoxy) is 1. The Morgan fingerprint density at radius 2 is 1.84 bits per heavy atom. The van der Waals surface area contributed by atoms with Gasteiger partial charge >= 0.3 is 6.09 Å². The highest BCUT2D eigenvalue weighted by Crippen LogP contribution is 2.19. The van der Waals surface area contributed by atoms with Gasteiger partial charge in [0.15, 0.2) is 11.8 Å². The first kappa shape index (κ1) is 29.4. The molecule has 0 saturated carbocycles. The predicted molar refractivity (Wildman–Crippen MR) is 134 cm³/mol. The van der Waals surface area contributed by atoms with E-state index in [1.807, 2.05) is 48.5 Å². The molecule has 1 aromatic rings. The van der Waals surface area contributed by atoms with Crippen molar-refractivity contribution in [2.75, 3.05) is 13.1 Å². The van der Waals surface area contributed by atoms with Gasteiger partial charge in [-0.05, 0) is 34.1 Å². The molecule has 0 fully saturated rings. The minimum absolute atomic E-state index is 0. The van der Waals surface area contributed by atoms with Crippen molar-refractivity contribution in [3.8, 4) is 0 Å². The minimum atomic E-state index is -0.524. The van der Waals surface area contributed by atoms with E-state index < -0.39 is 11.7 Å². The number of halogens is 1. The van der Waals surface area contributed by atoms with Crippen LogP contribution < -0.4 is 16.0 Å². The molecular weight excluding hydrogens is 511 g/mol. The van der Waals surface area contributed by atoms with Gasteiger partial charge < -0.3 is 25.2 Å². The van der Waals surface area contributed by atoms with E-state index in [1.54, 1.807) is 0 Å². The normalized spacial score (nSPS) is 13.2. The third-order valence-electron chi connectivity index (χ3n) is 3.97. The number of carbonyl (C=O) groups excluding carboxylic acids is 1. The van der Waals surface area contributed by atoms with Crippen molar-refractivity contribution in [3.05, 3.63) is 11.7 Å². The van der Waals surface area contributed by atoms with Crippen LogP contribution in [0.4, 0.5) is 4.79 Å². The van der Waals surface area contributed by atoms with Crippen LogP contribution in [0.15, 0.2) is 9.52 Å². The molecule has 1 unspecified atom stereocenters. The molecule has 0 aliphatic heterocycles. The maximum Gasteiger partial charge on any atom is 0.407 e. The number of carbonyl (C=O) groups is 1. The predicted octanol–water partition coefficient (Wildman–Crippen LogP) is 4.12. The van der Waals surface area contributed by atoms with Crippen LogP contribution in [0.3, 0.4) is 0 Å². The number of aromatic nitrogens is 2. The number of nitrogens with zero attached hydrogens (tertiary/aromatic N) is 3. The Balaban J connectivity index is 0.00000900. The highest BCUT2D eigenvalue weighted by atomic mass is 127. The second-order valence-electron chi connectivity index (χ2n) is 9.33. The fourth-order valence-electron chi connectivity index (χ4n) is 2.48. The van der Waals surface area contributed by atoms with E-state index >= 15 is 0 Å². The molecule has 0 aliphatic rings. The number of nitrogens with one attached hydrogen (secondary N) is 3. The monoisotopic (exact) mass is 552 g/mol. The first-order chi connectivity index (χ1) is 13.9. The number of unbranched alkanes of at least 4 members (excludes halogenated alkanes) is 1. The van der Waals surface area contributed by atoms with Crippen molar-refractivity contribution in [1.29, 1.82) is 0 Å². The highest BCUT2D eigenvalue weighted by molar-refractivity contribution is 14.0. The van der Waals surface area contributed by atoms with Crippen molar-refractivity contribution in [3.63, 3.8) is 0 Å². The van der Waals surface area contributed by atoms with Gasteiger partial charge in [0.2, 0.25) is 5.89 Å². The molecule has 0 aromatic carbocycles. The highest BCUT2D eigenvalue weighted by Gasteiger charge is 2.22. The molecule has 9 nitrogen and oxygen atoms in total. The number of amides is 1. The third kappa shape index (κ3) is 12.8. The molecule has 1 atom stereocenters. The van der Waals surface area contributed by atoms with E-state index in [1.165, 1.54) is 0 Å². The number of hydrogen-bond donors (Lipinski definition) is 3. The fourth-order valence-corrected chi connectivity index (χ4v) is 2.48. The standard InChI is InChI=1S/C21H40N6O3.HI/c1-9-11-12-15(13-24-19(28)29-21(6,7)8)25-18(22-10-2)23-14-16-26-17(30-27-16)20(3,4)5;/h15H,9-14H2,1-8H3,(H,24,28)(H2,22,23,25);1H. The lowest BCUT2D eigenvalue weighted by Gasteiger charge is -2.24. The lowest BCUT2D eigenvalue weighted by molar-refractivity contribution is 0.0522. The van der Waals surface area contributed by atoms with Crippen LogP contribution in [0.25, 0.3) is 0 Å². The summed E-state index contributed by atoms with van der Waals surface area (Å²) < 4.78 is 10.7. The van der Waals surface area contributed by atoms with E-state index in [2.05, 4.69) is 38.0 Å². The van der Waals surface area contributed by atoms with Crippen molar-refractivity contribution < 1.29 is 14.1 Å². The maximum atomic E-state index is 12.0. The smallest absolute Gasteiger partial charge is 0.407 e. The van der Waals surface area contributed by atoms with Gasteiger partial charge in [0, 0.05) is 24.5 Å². The Bertz CT molecular complexity index is 679. The molecule has 1 amide bonds. The SMILES string of the molecule is CCCCC(CNC(=O)OC(C)(C)C)NC(=NCc1noc(C(C)(C)C)n1)NCC.I. The zero-order valence-corrected chi connectivity index (χ0v) is 22.6. The summed E-state index contributed by atoms with van der Waals surface area (Å²) in [5.74, 6) is 1.77. The van der Waals surface area contributed by atoms with Crippen LogP contribution in [-0.2, 0) is 16.7 Å². The molecule has 0 bridgehead atoms. The van der Waals surface area contributed by atoms with Gasteiger partial charge in [-0.2, -0.15) is 4.98 Å². The summed E-state index contributed by atoms with van der Waals surface area (Å²) >= 11 is 0. The number of hydrogen-bond acceptors (Lipinski definition) is 6. The van der Waals surface area contributed by atoms with Gasteiger partial charge in [-0.3, -0.25) is 0 Å². The molecule has 1 rings (SSSR count). The van der Waals surface area contributed by atoms with E-state index in [0.717, 1.165) is 19.3 Å². The summed E-state index contributed by atoms with van der Waals surface area (Å²) in [6.45, 7) is 17.2. The Kier molecular flexibility index (Phi) is 13.0. The Morgan fingerprint density at radius 1 is 1.16 bits per heavy atom. The van der Waals surface area contributed by atoms with Crippen molar-refractivity contribution >= 4 is 36.0 Å². The van der Waals surface area contributed by atoms with Crippen LogP contribution >= 0.6 is 24.0 Å². The van der Waals surface area contributed by atoms with Gasteiger partial charge in [-0.25, -0.2) is 9.79 Å². The lowest BCUT2D eigenvalue weighted by atomic mass is 9.97. The van der Waals surface area contributed by atoms with Gasteiger partial charge in [0.1, 0.15) is 12.1 Å². The van der Waals surface area contributed by atoms with Crippen LogP contribution in [-0.4, -0.2) is 46.9 Å². The van der Waals surface area contributed by atoms with Gasteiger partial charge in [-0.15, -0.1) is 24.0 Å². The molecule has 0 radical (unpaired) electrons. The Labute approximate surface area is 204 Å². The summed E-state index contributed by atoms with van der Waals surface area (Å²) in [6.07, 6.45) is 2.57.